The molecule has 0 aliphatic carbocycles. The summed E-state index contributed by atoms with van der Waals surface area (Å²) in [5.41, 5.74) is 0. The SMILES string of the molecule is CCCn1ccnc1CNCCCOCC1CCCO1. The lowest BCUT2D eigenvalue weighted by Crippen LogP contribution is -2.20. The second kappa shape index (κ2) is 9.10. The molecule has 1 unspecified atom stereocenters. The third-order valence-corrected chi connectivity index (χ3v) is 3.52. The highest BCUT2D eigenvalue weighted by molar-refractivity contribution is 4.91. The van der Waals surface area contributed by atoms with Gasteiger partial charge in [0, 0.05) is 32.2 Å². The molecule has 0 saturated carbocycles. The molecule has 20 heavy (non-hydrogen) atoms. The Hall–Kier alpha value is -0.910. The maximum Gasteiger partial charge on any atom is 0.122 e. The zero-order chi connectivity index (χ0) is 14.0. The summed E-state index contributed by atoms with van der Waals surface area (Å²) >= 11 is 0. The number of hydrogen-bond donors (Lipinski definition) is 1. The molecule has 1 aromatic rings. The zero-order valence-corrected chi connectivity index (χ0v) is 12.5. The molecule has 0 radical (unpaired) electrons. The molecular formula is C15H27N3O2. The molecule has 1 aliphatic rings. The normalized spacial score (nSPS) is 18.8. The molecule has 1 aromatic heterocycles. The van der Waals surface area contributed by atoms with Gasteiger partial charge in [0.1, 0.15) is 5.82 Å². The van der Waals surface area contributed by atoms with E-state index in [-0.39, 0.29) is 0 Å². The summed E-state index contributed by atoms with van der Waals surface area (Å²) in [4.78, 5) is 4.37. The van der Waals surface area contributed by atoms with Crippen LogP contribution in [0.5, 0.6) is 0 Å². The predicted molar refractivity (Wildman–Crippen MR) is 78.6 cm³/mol. The Balaban J connectivity index is 1.47. The second-order valence-corrected chi connectivity index (χ2v) is 5.28. The average Bonchev–Trinajstić information content (AvgIpc) is 3.10. The van der Waals surface area contributed by atoms with E-state index in [9.17, 15) is 0 Å². The largest absolute Gasteiger partial charge is 0.379 e. The highest BCUT2D eigenvalue weighted by atomic mass is 16.5. The average molecular weight is 281 g/mol. The van der Waals surface area contributed by atoms with Crippen LogP contribution in [0, 0.1) is 0 Å². The van der Waals surface area contributed by atoms with Crippen molar-refractivity contribution in [2.75, 3.05) is 26.4 Å². The van der Waals surface area contributed by atoms with Crippen molar-refractivity contribution in [2.24, 2.45) is 0 Å². The number of nitrogens with zero attached hydrogens (tertiary/aromatic N) is 2. The lowest BCUT2D eigenvalue weighted by atomic mass is 10.2. The molecule has 1 N–H and O–H groups in total. The Morgan fingerprint density at radius 1 is 1.55 bits per heavy atom. The fourth-order valence-electron chi connectivity index (χ4n) is 2.44. The van der Waals surface area contributed by atoms with E-state index in [0.29, 0.717) is 6.10 Å². The van der Waals surface area contributed by atoms with Crippen LogP contribution >= 0.6 is 0 Å². The summed E-state index contributed by atoms with van der Waals surface area (Å²) in [6.07, 6.45) is 8.76. The molecule has 0 spiro atoms. The number of aryl methyl sites for hydroxylation is 1. The molecule has 0 amide bonds. The van der Waals surface area contributed by atoms with Crippen molar-refractivity contribution in [3.8, 4) is 0 Å². The van der Waals surface area contributed by atoms with Crippen molar-refractivity contribution >= 4 is 0 Å². The highest BCUT2D eigenvalue weighted by Gasteiger charge is 2.14. The van der Waals surface area contributed by atoms with Gasteiger partial charge in [0.05, 0.1) is 19.3 Å². The summed E-state index contributed by atoms with van der Waals surface area (Å²) in [6, 6.07) is 0. The van der Waals surface area contributed by atoms with E-state index in [4.69, 9.17) is 9.47 Å². The minimum Gasteiger partial charge on any atom is -0.379 e. The molecule has 2 rings (SSSR count). The molecule has 2 heterocycles. The van der Waals surface area contributed by atoms with Gasteiger partial charge in [-0.1, -0.05) is 6.92 Å². The van der Waals surface area contributed by atoms with Crippen LogP contribution in [-0.2, 0) is 22.6 Å². The van der Waals surface area contributed by atoms with E-state index in [1.54, 1.807) is 0 Å². The van der Waals surface area contributed by atoms with Crippen molar-refractivity contribution in [1.29, 1.82) is 0 Å². The molecule has 5 nitrogen and oxygen atoms in total. The summed E-state index contributed by atoms with van der Waals surface area (Å²) < 4.78 is 13.4. The third kappa shape index (κ3) is 5.23. The van der Waals surface area contributed by atoms with Crippen molar-refractivity contribution in [1.82, 2.24) is 14.9 Å². The van der Waals surface area contributed by atoms with E-state index in [1.807, 2.05) is 12.4 Å². The number of nitrogens with one attached hydrogen (secondary N) is 1. The Morgan fingerprint density at radius 2 is 2.50 bits per heavy atom. The number of hydrogen-bond acceptors (Lipinski definition) is 4. The van der Waals surface area contributed by atoms with Gasteiger partial charge in [0.2, 0.25) is 0 Å². The summed E-state index contributed by atoms with van der Waals surface area (Å²) in [5.74, 6) is 1.12. The molecule has 1 aliphatic heterocycles. The van der Waals surface area contributed by atoms with Crippen LogP contribution in [0.3, 0.4) is 0 Å². The molecular weight excluding hydrogens is 254 g/mol. The highest BCUT2D eigenvalue weighted by Crippen LogP contribution is 2.11. The van der Waals surface area contributed by atoms with Crippen molar-refractivity contribution in [3.63, 3.8) is 0 Å². The van der Waals surface area contributed by atoms with E-state index >= 15 is 0 Å². The predicted octanol–water partition coefficient (Wildman–Crippen LogP) is 1.97. The number of rotatable bonds is 10. The first-order valence-corrected chi connectivity index (χ1v) is 7.80. The van der Waals surface area contributed by atoms with Crippen LogP contribution in [0.1, 0.15) is 38.4 Å². The Bertz CT molecular complexity index is 362. The fourth-order valence-corrected chi connectivity index (χ4v) is 2.44. The Morgan fingerprint density at radius 3 is 3.30 bits per heavy atom. The van der Waals surface area contributed by atoms with Crippen LogP contribution in [0.2, 0.25) is 0 Å². The van der Waals surface area contributed by atoms with E-state index < -0.39 is 0 Å². The van der Waals surface area contributed by atoms with Gasteiger partial charge in [0.25, 0.3) is 0 Å². The monoisotopic (exact) mass is 281 g/mol. The minimum absolute atomic E-state index is 0.337. The zero-order valence-electron chi connectivity index (χ0n) is 12.5. The molecule has 5 heteroatoms. The van der Waals surface area contributed by atoms with Crippen LogP contribution in [0.15, 0.2) is 12.4 Å². The van der Waals surface area contributed by atoms with Crippen LogP contribution in [0.4, 0.5) is 0 Å². The fraction of sp³-hybridized carbons (Fsp3) is 0.800. The van der Waals surface area contributed by atoms with Crippen molar-refractivity contribution in [2.45, 2.75) is 51.8 Å². The Labute approximate surface area is 121 Å². The standard InChI is InChI=1S/C15H27N3O2/c1-2-8-18-9-7-17-15(18)12-16-6-4-10-19-13-14-5-3-11-20-14/h7,9,14,16H,2-6,8,10-13H2,1H3. The smallest absolute Gasteiger partial charge is 0.122 e. The number of aromatic nitrogens is 2. The number of ether oxygens (including phenoxy) is 2. The third-order valence-electron chi connectivity index (χ3n) is 3.52. The lowest BCUT2D eigenvalue weighted by molar-refractivity contribution is 0.0166. The lowest BCUT2D eigenvalue weighted by Gasteiger charge is -2.10. The van der Waals surface area contributed by atoms with Crippen LogP contribution in [0.25, 0.3) is 0 Å². The van der Waals surface area contributed by atoms with Gasteiger partial charge < -0.3 is 19.4 Å². The van der Waals surface area contributed by atoms with Gasteiger partial charge in [-0.25, -0.2) is 4.98 Å². The second-order valence-electron chi connectivity index (χ2n) is 5.28. The molecule has 1 saturated heterocycles. The maximum absolute atomic E-state index is 5.63. The summed E-state index contributed by atoms with van der Waals surface area (Å²) in [6.45, 7) is 7.48. The van der Waals surface area contributed by atoms with Crippen molar-refractivity contribution in [3.05, 3.63) is 18.2 Å². The van der Waals surface area contributed by atoms with Gasteiger partial charge >= 0.3 is 0 Å². The number of imidazole rings is 1. The first kappa shape index (κ1) is 15.5. The van der Waals surface area contributed by atoms with Gasteiger partial charge in [0.15, 0.2) is 0 Å². The summed E-state index contributed by atoms with van der Waals surface area (Å²) in [7, 11) is 0. The topological polar surface area (TPSA) is 48.3 Å². The maximum atomic E-state index is 5.63. The van der Waals surface area contributed by atoms with E-state index in [0.717, 1.165) is 64.5 Å². The quantitative estimate of drug-likeness (QED) is 0.666. The van der Waals surface area contributed by atoms with Crippen LogP contribution < -0.4 is 5.32 Å². The van der Waals surface area contributed by atoms with E-state index in [1.165, 1.54) is 6.42 Å². The summed E-state index contributed by atoms with van der Waals surface area (Å²) in [5, 5.41) is 3.42. The molecule has 0 aromatic carbocycles. The molecule has 1 fully saturated rings. The van der Waals surface area contributed by atoms with Crippen molar-refractivity contribution < 1.29 is 9.47 Å². The minimum atomic E-state index is 0.337. The molecule has 1 atom stereocenters. The Kier molecular flexibility index (Phi) is 7.05. The van der Waals surface area contributed by atoms with E-state index in [2.05, 4.69) is 21.8 Å². The first-order valence-electron chi connectivity index (χ1n) is 7.80. The molecule has 0 bridgehead atoms. The van der Waals surface area contributed by atoms with Gasteiger partial charge in [-0.2, -0.15) is 0 Å². The van der Waals surface area contributed by atoms with Gasteiger partial charge in [-0.3, -0.25) is 0 Å². The van der Waals surface area contributed by atoms with Crippen LogP contribution in [-0.4, -0.2) is 42.0 Å². The first-order chi connectivity index (χ1) is 9.90. The molecule has 114 valence electrons. The van der Waals surface area contributed by atoms with Gasteiger partial charge in [-0.15, -0.1) is 0 Å². The van der Waals surface area contributed by atoms with Gasteiger partial charge in [-0.05, 0) is 32.2 Å².